The summed E-state index contributed by atoms with van der Waals surface area (Å²) in [4.78, 5) is 12.2. The van der Waals surface area contributed by atoms with Crippen molar-refractivity contribution in [3.63, 3.8) is 0 Å². The van der Waals surface area contributed by atoms with E-state index in [1.165, 1.54) is 0 Å². The van der Waals surface area contributed by atoms with Crippen LogP contribution >= 0.6 is 0 Å². The second-order valence-electron chi connectivity index (χ2n) is 5.70. The van der Waals surface area contributed by atoms with Gasteiger partial charge in [-0.2, -0.15) is 5.10 Å². The lowest BCUT2D eigenvalue weighted by molar-refractivity contribution is -0.123. The number of amides is 1. The van der Waals surface area contributed by atoms with Gasteiger partial charge in [-0.3, -0.25) is 9.48 Å². The molecule has 6 nitrogen and oxygen atoms in total. The quantitative estimate of drug-likeness (QED) is 0.696. The van der Waals surface area contributed by atoms with Gasteiger partial charge in [0, 0.05) is 11.3 Å². The van der Waals surface area contributed by atoms with Crippen molar-refractivity contribution in [1.82, 2.24) is 15.1 Å². The van der Waals surface area contributed by atoms with Crippen LogP contribution in [0.15, 0.2) is 6.20 Å². The third-order valence-corrected chi connectivity index (χ3v) is 4.10. The zero-order valence-corrected chi connectivity index (χ0v) is 12.7. The Morgan fingerprint density at radius 1 is 1.67 bits per heavy atom. The first-order valence-corrected chi connectivity index (χ1v) is 7.88. The van der Waals surface area contributed by atoms with Gasteiger partial charge in [0.05, 0.1) is 31.4 Å². The normalized spacial score (nSPS) is 19.1. The lowest BCUT2D eigenvalue weighted by Gasteiger charge is -2.25. The molecule has 118 valence electrons. The van der Waals surface area contributed by atoms with Gasteiger partial charge in [0.25, 0.3) is 0 Å². The third kappa shape index (κ3) is 3.83. The zero-order valence-electron chi connectivity index (χ0n) is 12.7. The molecule has 1 aromatic heterocycles. The number of hydrogen-bond acceptors (Lipinski definition) is 4. The molecule has 2 atom stereocenters. The summed E-state index contributed by atoms with van der Waals surface area (Å²) in [6.45, 7) is 2.67. The minimum absolute atomic E-state index is 0.00127. The summed E-state index contributed by atoms with van der Waals surface area (Å²) in [5.74, 6) is -0.0730. The molecule has 1 amide bonds. The Labute approximate surface area is 125 Å². The number of aliphatic hydroxyl groups excluding tert-OH is 1. The lowest BCUT2D eigenvalue weighted by Crippen LogP contribution is -2.42. The summed E-state index contributed by atoms with van der Waals surface area (Å²) >= 11 is 0. The molecule has 2 unspecified atom stereocenters. The van der Waals surface area contributed by atoms with E-state index >= 15 is 0 Å². The van der Waals surface area contributed by atoms with Crippen molar-refractivity contribution < 1.29 is 9.90 Å². The fourth-order valence-electron chi connectivity index (χ4n) is 2.89. The SMILES string of the molecule is CCCCC(N)C(=O)NC1CCCc2c1cnn2CCO. The molecular weight excluding hydrogens is 268 g/mol. The van der Waals surface area contributed by atoms with Gasteiger partial charge in [-0.15, -0.1) is 0 Å². The molecule has 0 spiro atoms. The highest BCUT2D eigenvalue weighted by molar-refractivity contribution is 5.81. The largest absolute Gasteiger partial charge is 0.394 e. The fraction of sp³-hybridized carbons (Fsp3) is 0.733. The summed E-state index contributed by atoms with van der Waals surface area (Å²) in [5, 5.41) is 16.4. The average molecular weight is 294 g/mol. The van der Waals surface area contributed by atoms with Crippen molar-refractivity contribution in [1.29, 1.82) is 0 Å². The number of fused-ring (bicyclic) bond motifs is 1. The van der Waals surface area contributed by atoms with E-state index in [0.717, 1.165) is 49.8 Å². The molecule has 0 aromatic carbocycles. The van der Waals surface area contributed by atoms with Crippen LogP contribution in [-0.2, 0) is 17.8 Å². The highest BCUT2D eigenvalue weighted by Crippen LogP contribution is 2.29. The Morgan fingerprint density at radius 2 is 2.48 bits per heavy atom. The van der Waals surface area contributed by atoms with Crippen molar-refractivity contribution >= 4 is 5.91 Å². The predicted octanol–water partition coefficient (Wildman–Crippen LogP) is 0.886. The number of carbonyl (C=O) groups is 1. The lowest BCUT2D eigenvalue weighted by atomic mass is 9.92. The summed E-state index contributed by atoms with van der Waals surface area (Å²) in [5.41, 5.74) is 8.13. The second-order valence-corrected chi connectivity index (χ2v) is 5.70. The Bertz CT molecular complexity index is 472. The molecule has 1 aromatic rings. The van der Waals surface area contributed by atoms with Gasteiger partial charge >= 0.3 is 0 Å². The van der Waals surface area contributed by atoms with Gasteiger partial charge in [-0.05, 0) is 25.7 Å². The van der Waals surface area contributed by atoms with Gasteiger partial charge in [-0.25, -0.2) is 0 Å². The third-order valence-electron chi connectivity index (χ3n) is 4.10. The van der Waals surface area contributed by atoms with Gasteiger partial charge in [-0.1, -0.05) is 19.8 Å². The van der Waals surface area contributed by atoms with Crippen LogP contribution in [0.4, 0.5) is 0 Å². The molecule has 2 rings (SSSR count). The molecule has 6 heteroatoms. The monoisotopic (exact) mass is 294 g/mol. The summed E-state index contributed by atoms with van der Waals surface area (Å²) in [6.07, 6.45) is 7.44. The maximum absolute atomic E-state index is 12.2. The van der Waals surface area contributed by atoms with E-state index in [0.29, 0.717) is 6.54 Å². The number of carbonyl (C=O) groups excluding carboxylic acids is 1. The van der Waals surface area contributed by atoms with Gasteiger partial charge in [0.15, 0.2) is 0 Å². The molecule has 1 aliphatic carbocycles. The number of aliphatic hydroxyl groups is 1. The van der Waals surface area contributed by atoms with Crippen molar-refractivity contribution in [2.45, 2.75) is 64.1 Å². The molecule has 1 heterocycles. The molecule has 1 aliphatic rings. The Balaban J connectivity index is 2.01. The van der Waals surface area contributed by atoms with Crippen LogP contribution < -0.4 is 11.1 Å². The zero-order chi connectivity index (χ0) is 15.2. The minimum Gasteiger partial charge on any atom is -0.394 e. The van der Waals surface area contributed by atoms with Gasteiger partial charge in [0.2, 0.25) is 5.91 Å². The first kappa shape index (κ1) is 16.0. The van der Waals surface area contributed by atoms with E-state index in [1.54, 1.807) is 0 Å². The van der Waals surface area contributed by atoms with E-state index in [2.05, 4.69) is 17.3 Å². The minimum atomic E-state index is -0.428. The Kier molecular flexibility index (Phi) is 5.76. The van der Waals surface area contributed by atoms with E-state index in [-0.39, 0.29) is 18.6 Å². The standard InChI is InChI=1S/C15H26N4O2/c1-2-3-5-12(16)15(21)18-13-6-4-7-14-11(13)10-17-19(14)8-9-20/h10,12-13,20H,2-9,16H2,1H3,(H,18,21). The highest BCUT2D eigenvalue weighted by Gasteiger charge is 2.26. The van der Waals surface area contributed by atoms with Crippen LogP contribution in [0.25, 0.3) is 0 Å². The molecule has 0 aliphatic heterocycles. The fourth-order valence-corrected chi connectivity index (χ4v) is 2.89. The van der Waals surface area contributed by atoms with Gasteiger partial charge in [0.1, 0.15) is 0 Å². The molecule has 0 fully saturated rings. The van der Waals surface area contributed by atoms with E-state index < -0.39 is 6.04 Å². The molecule has 0 bridgehead atoms. The maximum Gasteiger partial charge on any atom is 0.237 e. The molecule has 21 heavy (non-hydrogen) atoms. The molecule has 0 saturated carbocycles. The van der Waals surface area contributed by atoms with Crippen molar-refractivity contribution in [2.75, 3.05) is 6.61 Å². The first-order valence-electron chi connectivity index (χ1n) is 7.88. The maximum atomic E-state index is 12.2. The van der Waals surface area contributed by atoms with E-state index in [1.807, 2.05) is 10.9 Å². The summed E-state index contributed by atoms with van der Waals surface area (Å²) < 4.78 is 1.84. The average Bonchev–Trinajstić information content (AvgIpc) is 2.89. The van der Waals surface area contributed by atoms with E-state index in [9.17, 15) is 4.79 Å². The van der Waals surface area contributed by atoms with Crippen LogP contribution in [-0.4, -0.2) is 33.4 Å². The Morgan fingerprint density at radius 3 is 3.19 bits per heavy atom. The van der Waals surface area contributed by atoms with Crippen molar-refractivity contribution in [3.05, 3.63) is 17.5 Å². The number of hydrogen-bond donors (Lipinski definition) is 3. The van der Waals surface area contributed by atoms with Crippen LogP contribution in [0.3, 0.4) is 0 Å². The number of unbranched alkanes of at least 4 members (excludes halogenated alkanes) is 1. The number of rotatable bonds is 7. The number of nitrogens with zero attached hydrogens (tertiary/aromatic N) is 2. The second kappa shape index (κ2) is 7.56. The first-order chi connectivity index (χ1) is 10.2. The molecular formula is C15H26N4O2. The Hall–Kier alpha value is -1.40. The smallest absolute Gasteiger partial charge is 0.237 e. The molecule has 0 saturated heterocycles. The van der Waals surface area contributed by atoms with Crippen LogP contribution in [0.5, 0.6) is 0 Å². The van der Waals surface area contributed by atoms with Crippen LogP contribution in [0.1, 0.15) is 56.3 Å². The van der Waals surface area contributed by atoms with E-state index in [4.69, 9.17) is 10.8 Å². The molecule has 4 N–H and O–H groups in total. The summed E-state index contributed by atoms with van der Waals surface area (Å²) in [6, 6.07) is -0.427. The molecule has 0 radical (unpaired) electrons. The number of nitrogens with two attached hydrogens (primary N) is 1. The number of aromatic nitrogens is 2. The number of nitrogens with one attached hydrogen (secondary N) is 1. The van der Waals surface area contributed by atoms with Crippen LogP contribution in [0.2, 0.25) is 0 Å². The van der Waals surface area contributed by atoms with Crippen molar-refractivity contribution in [2.24, 2.45) is 5.73 Å². The van der Waals surface area contributed by atoms with Gasteiger partial charge < -0.3 is 16.2 Å². The highest BCUT2D eigenvalue weighted by atomic mass is 16.3. The summed E-state index contributed by atoms with van der Waals surface area (Å²) in [7, 11) is 0. The van der Waals surface area contributed by atoms with Crippen LogP contribution in [0, 0.1) is 0 Å². The topological polar surface area (TPSA) is 93.2 Å². The predicted molar refractivity (Wildman–Crippen MR) is 80.6 cm³/mol. The van der Waals surface area contributed by atoms with Crippen molar-refractivity contribution in [3.8, 4) is 0 Å².